The van der Waals surface area contributed by atoms with Crippen molar-refractivity contribution >= 4 is 5.91 Å². The fraction of sp³-hybridized carbons (Fsp3) is 0.429. The molecule has 1 amide bonds. The van der Waals surface area contributed by atoms with Crippen LogP contribution in [0.15, 0.2) is 28.9 Å². The van der Waals surface area contributed by atoms with Gasteiger partial charge in [0.05, 0.1) is 19.7 Å². The zero-order valence-corrected chi connectivity index (χ0v) is 12.2. The average molecular weight is 292 g/mol. The molecule has 0 saturated carbocycles. The van der Waals surface area contributed by atoms with E-state index in [9.17, 15) is 9.90 Å². The summed E-state index contributed by atoms with van der Waals surface area (Å²) in [6.45, 7) is 1.65. The van der Waals surface area contributed by atoms with Crippen LogP contribution in [0.2, 0.25) is 0 Å². The quantitative estimate of drug-likeness (QED) is 0.770. The van der Waals surface area contributed by atoms with Crippen LogP contribution in [0.5, 0.6) is 0 Å². The van der Waals surface area contributed by atoms with Gasteiger partial charge in [-0.2, -0.15) is 0 Å². The van der Waals surface area contributed by atoms with Crippen LogP contribution in [-0.2, 0) is 20.1 Å². The third-order valence-electron chi connectivity index (χ3n) is 3.19. The summed E-state index contributed by atoms with van der Waals surface area (Å²) in [5.41, 5.74) is 0. The molecule has 0 aliphatic heterocycles. The first-order valence-electron chi connectivity index (χ1n) is 6.74. The van der Waals surface area contributed by atoms with Crippen molar-refractivity contribution in [2.75, 3.05) is 20.2 Å². The minimum atomic E-state index is -0.251. The number of carbonyl (C=O) groups is 1. The lowest BCUT2D eigenvalue weighted by Gasteiger charge is -2.19. The molecule has 0 spiro atoms. The summed E-state index contributed by atoms with van der Waals surface area (Å²) >= 11 is 0. The first-order valence-corrected chi connectivity index (χ1v) is 6.74. The number of nitrogens with zero attached hydrogens (tertiary/aromatic N) is 3. The zero-order valence-electron chi connectivity index (χ0n) is 12.2. The van der Waals surface area contributed by atoms with Crippen LogP contribution in [-0.4, -0.2) is 45.7 Å². The van der Waals surface area contributed by atoms with Crippen molar-refractivity contribution in [2.45, 2.75) is 13.1 Å². The molecule has 0 aliphatic rings. The summed E-state index contributed by atoms with van der Waals surface area (Å²) in [5.74, 6) is 1.62. The number of aliphatic hydroxyl groups excluding tert-OH is 1. The Balaban J connectivity index is 2.04. The fourth-order valence-corrected chi connectivity index (χ4v) is 2.03. The highest BCUT2D eigenvalue weighted by Crippen LogP contribution is 2.12. The van der Waals surface area contributed by atoms with Crippen molar-refractivity contribution in [1.82, 2.24) is 19.8 Å². The molecule has 0 fully saturated rings. The molecule has 0 radical (unpaired) electrons. The van der Waals surface area contributed by atoms with Gasteiger partial charge >= 0.3 is 0 Å². The summed E-state index contributed by atoms with van der Waals surface area (Å²) in [4.78, 5) is 17.7. The lowest BCUT2D eigenvalue weighted by molar-refractivity contribution is 0.0930. The summed E-state index contributed by atoms with van der Waals surface area (Å²) in [6, 6.07) is 3.42. The van der Waals surface area contributed by atoms with E-state index in [2.05, 4.69) is 10.3 Å². The van der Waals surface area contributed by atoms with Gasteiger partial charge in [-0.3, -0.25) is 9.69 Å². The number of rotatable bonds is 7. The van der Waals surface area contributed by atoms with E-state index in [1.54, 1.807) is 25.4 Å². The van der Waals surface area contributed by atoms with Crippen LogP contribution >= 0.6 is 0 Å². The molecule has 2 heterocycles. The minimum Gasteiger partial charge on any atom is -0.455 e. The highest BCUT2D eigenvalue weighted by atomic mass is 16.4. The zero-order chi connectivity index (χ0) is 15.2. The Morgan fingerprint density at radius 1 is 1.48 bits per heavy atom. The van der Waals surface area contributed by atoms with E-state index < -0.39 is 0 Å². The van der Waals surface area contributed by atoms with Crippen LogP contribution in [0.3, 0.4) is 0 Å². The third-order valence-corrected chi connectivity index (χ3v) is 3.19. The number of aliphatic hydroxyl groups is 1. The van der Waals surface area contributed by atoms with Crippen molar-refractivity contribution in [3.05, 3.63) is 41.9 Å². The van der Waals surface area contributed by atoms with Crippen LogP contribution in [0.25, 0.3) is 0 Å². The molecule has 0 atom stereocenters. The number of furan rings is 1. The molecular weight excluding hydrogens is 272 g/mol. The number of hydrogen-bond acceptors (Lipinski definition) is 5. The topological polar surface area (TPSA) is 83.5 Å². The van der Waals surface area contributed by atoms with Gasteiger partial charge in [0, 0.05) is 33.0 Å². The fourth-order valence-electron chi connectivity index (χ4n) is 2.03. The molecule has 0 aromatic carbocycles. The van der Waals surface area contributed by atoms with Crippen molar-refractivity contribution in [1.29, 1.82) is 0 Å². The average Bonchev–Trinajstić information content (AvgIpc) is 3.08. The number of carbonyl (C=O) groups excluding carboxylic acids is 1. The third kappa shape index (κ3) is 3.93. The van der Waals surface area contributed by atoms with Gasteiger partial charge in [-0.05, 0) is 12.1 Å². The summed E-state index contributed by atoms with van der Waals surface area (Å²) in [5, 5.41) is 11.7. The normalized spacial score (nSPS) is 11.0. The van der Waals surface area contributed by atoms with Crippen LogP contribution in [0.1, 0.15) is 22.1 Å². The molecule has 0 bridgehead atoms. The van der Waals surface area contributed by atoms with Gasteiger partial charge in [-0.25, -0.2) is 4.98 Å². The van der Waals surface area contributed by atoms with Crippen LogP contribution in [0.4, 0.5) is 0 Å². The predicted octanol–water partition coefficient (Wildman–Crippen LogP) is 0.367. The molecule has 2 aromatic heterocycles. The van der Waals surface area contributed by atoms with Crippen molar-refractivity contribution in [3.8, 4) is 0 Å². The van der Waals surface area contributed by atoms with Gasteiger partial charge in [-0.1, -0.05) is 0 Å². The van der Waals surface area contributed by atoms with Crippen molar-refractivity contribution < 1.29 is 14.3 Å². The van der Waals surface area contributed by atoms with Gasteiger partial charge in [0.15, 0.2) is 5.76 Å². The Morgan fingerprint density at radius 3 is 2.90 bits per heavy atom. The van der Waals surface area contributed by atoms with E-state index in [1.165, 1.54) is 0 Å². The highest BCUT2D eigenvalue weighted by Gasteiger charge is 2.14. The minimum absolute atomic E-state index is 0.0490. The van der Waals surface area contributed by atoms with E-state index in [4.69, 9.17) is 4.42 Å². The second kappa shape index (κ2) is 7.05. The summed E-state index contributed by atoms with van der Waals surface area (Å²) in [7, 11) is 3.49. The monoisotopic (exact) mass is 292 g/mol. The summed E-state index contributed by atoms with van der Waals surface area (Å²) in [6.07, 6.45) is 3.62. The van der Waals surface area contributed by atoms with Crippen LogP contribution < -0.4 is 5.32 Å². The van der Waals surface area contributed by atoms with Gasteiger partial charge in [-0.15, -0.1) is 0 Å². The van der Waals surface area contributed by atoms with Crippen molar-refractivity contribution in [3.63, 3.8) is 0 Å². The second-order valence-electron chi connectivity index (χ2n) is 4.73. The molecule has 7 heteroatoms. The molecule has 114 valence electrons. The maximum Gasteiger partial charge on any atom is 0.286 e. The standard InChI is InChI=1S/C14H20N4O3/c1-15-14(20)12-4-3-11(21-12)9-18(7-8-19)10-13-16-5-6-17(13)2/h3-6,19H,7-10H2,1-2H3,(H,15,20). The number of imidazole rings is 1. The number of amides is 1. The molecule has 0 aliphatic carbocycles. The smallest absolute Gasteiger partial charge is 0.286 e. The molecule has 2 aromatic rings. The lowest BCUT2D eigenvalue weighted by atomic mass is 10.3. The Hall–Kier alpha value is -2.12. The number of hydrogen-bond donors (Lipinski definition) is 2. The van der Waals surface area contributed by atoms with Gasteiger partial charge in [0.1, 0.15) is 11.6 Å². The van der Waals surface area contributed by atoms with E-state index in [0.29, 0.717) is 25.4 Å². The van der Waals surface area contributed by atoms with Gasteiger partial charge in [0.2, 0.25) is 0 Å². The predicted molar refractivity (Wildman–Crippen MR) is 76.5 cm³/mol. The van der Waals surface area contributed by atoms with Gasteiger partial charge in [0.25, 0.3) is 5.91 Å². The van der Waals surface area contributed by atoms with E-state index in [1.807, 2.05) is 22.7 Å². The Bertz CT molecular complexity index is 591. The SMILES string of the molecule is CNC(=O)c1ccc(CN(CCO)Cc2nccn2C)o1. The maximum atomic E-state index is 11.5. The number of nitrogens with one attached hydrogen (secondary N) is 1. The van der Waals surface area contributed by atoms with Crippen molar-refractivity contribution in [2.24, 2.45) is 7.05 Å². The molecule has 7 nitrogen and oxygen atoms in total. The van der Waals surface area contributed by atoms with E-state index in [-0.39, 0.29) is 18.3 Å². The molecule has 21 heavy (non-hydrogen) atoms. The van der Waals surface area contributed by atoms with E-state index >= 15 is 0 Å². The number of aryl methyl sites for hydroxylation is 1. The molecule has 0 unspecified atom stereocenters. The number of aromatic nitrogens is 2. The molecular formula is C14H20N4O3. The second-order valence-corrected chi connectivity index (χ2v) is 4.73. The largest absolute Gasteiger partial charge is 0.455 e. The van der Waals surface area contributed by atoms with E-state index in [0.717, 1.165) is 5.82 Å². The Morgan fingerprint density at radius 2 is 2.29 bits per heavy atom. The lowest BCUT2D eigenvalue weighted by Crippen LogP contribution is -2.27. The summed E-state index contributed by atoms with van der Waals surface area (Å²) < 4.78 is 7.43. The Kier molecular flexibility index (Phi) is 5.13. The molecule has 2 N–H and O–H groups in total. The Labute approximate surface area is 123 Å². The maximum absolute atomic E-state index is 11.5. The van der Waals surface area contributed by atoms with Gasteiger partial charge < -0.3 is 19.4 Å². The first kappa shape index (κ1) is 15.3. The molecule has 0 saturated heterocycles. The first-order chi connectivity index (χ1) is 10.1. The highest BCUT2D eigenvalue weighted by molar-refractivity contribution is 5.91. The van der Waals surface area contributed by atoms with Crippen LogP contribution in [0, 0.1) is 0 Å². The molecule has 2 rings (SSSR count).